The Morgan fingerprint density at radius 3 is 2.50 bits per heavy atom. The van der Waals surface area contributed by atoms with Crippen molar-refractivity contribution in [1.29, 1.82) is 0 Å². The molecule has 1 rings (SSSR count). The predicted molar refractivity (Wildman–Crippen MR) is 59.8 cm³/mol. The lowest BCUT2D eigenvalue weighted by molar-refractivity contribution is -0.132. The van der Waals surface area contributed by atoms with Crippen LogP contribution in [-0.4, -0.2) is 48.1 Å². The maximum Gasteiger partial charge on any atom is 0.241 e. The van der Waals surface area contributed by atoms with Crippen molar-refractivity contribution in [2.45, 2.75) is 32.1 Å². The van der Waals surface area contributed by atoms with E-state index in [9.17, 15) is 9.59 Å². The normalized spacial score (nSPS) is 15.2. The van der Waals surface area contributed by atoms with Crippen molar-refractivity contribution in [2.75, 3.05) is 26.2 Å². The van der Waals surface area contributed by atoms with Gasteiger partial charge in [0.15, 0.2) is 0 Å². The predicted octanol–water partition coefficient (Wildman–Crippen LogP) is -0.112. The van der Waals surface area contributed by atoms with Crippen LogP contribution in [0.5, 0.6) is 0 Å². The third-order valence-electron chi connectivity index (χ3n) is 2.71. The fraction of sp³-hybridized carbons (Fsp3) is 0.818. The third kappa shape index (κ3) is 4.61. The van der Waals surface area contributed by atoms with Crippen LogP contribution in [0.1, 0.15) is 32.1 Å². The summed E-state index contributed by atoms with van der Waals surface area (Å²) in [6.45, 7) is 1.86. The van der Waals surface area contributed by atoms with Gasteiger partial charge >= 0.3 is 0 Å². The molecule has 0 spiro atoms. The molecule has 0 saturated carbocycles. The number of nitrogens with zero attached hydrogens (tertiary/aromatic N) is 1. The van der Waals surface area contributed by atoms with Crippen molar-refractivity contribution in [1.82, 2.24) is 10.2 Å². The number of rotatable bonds is 6. The molecule has 0 radical (unpaired) electrons. The van der Waals surface area contributed by atoms with Gasteiger partial charge in [-0.1, -0.05) is 0 Å². The fourth-order valence-corrected chi connectivity index (χ4v) is 1.74. The number of nitrogens with one attached hydrogen (secondary N) is 1. The summed E-state index contributed by atoms with van der Waals surface area (Å²) in [5.74, 6) is -0.103. The molecule has 2 N–H and O–H groups in total. The monoisotopic (exact) mass is 228 g/mol. The summed E-state index contributed by atoms with van der Waals surface area (Å²) in [5, 5.41) is 11.2. The molecule has 16 heavy (non-hydrogen) atoms. The lowest BCUT2D eigenvalue weighted by Gasteiger charge is -2.15. The van der Waals surface area contributed by atoms with Crippen molar-refractivity contribution in [3.63, 3.8) is 0 Å². The number of aliphatic hydroxyl groups is 1. The zero-order valence-electron chi connectivity index (χ0n) is 9.57. The van der Waals surface area contributed by atoms with Crippen LogP contribution in [0.15, 0.2) is 0 Å². The van der Waals surface area contributed by atoms with E-state index in [-0.39, 0.29) is 25.0 Å². The minimum atomic E-state index is -0.110. The Hall–Kier alpha value is -1.10. The van der Waals surface area contributed by atoms with Gasteiger partial charge in [-0.05, 0) is 25.7 Å². The van der Waals surface area contributed by atoms with Crippen molar-refractivity contribution in [3.8, 4) is 0 Å². The number of amides is 2. The van der Waals surface area contributed by atoms with Crippen LogP contribution in [0.4, 0.5) is 0 Å². The Bertz CT molecular complexity index is 237. The van der Waals surface area contributed by atoms with Gasteiger partial charge in [0, 0.05) is 26.1 Å². The quantitative estimate of drug-likeness (QED) is 0.623. The average molecular weight is 228 g/mol. The Morgan fingerprint density at radius 1 is 1.19 bits per heavy atom. The molecule has 92 valence electrons. The highest BCUT2D eigenvalue weighted by Gasteiger charge is 2.17. The van der Waals surface area contributed by atoms with E-state index >= 15 is 0 Å². The highest BCUT2D eigenvalue weighted by atomic mass is 16.3. The minimum Gasteiger partial charge on any atom is -0.396 e. The maximum absolute atomic E-state index is 11.6. The van der Waals surface area contributed by atoms with Gasteiger partial charge < -0.3 is 15.3 Å². The first-order chi connectivity index (χ1) is 7.74. The van der Waals surface area contributed by atoms with Crippen LogP contribution < -0.4 is 5.32 Å². The summed E-state index contributed by atoms with van der Waals surface area (Å²) in [4.78, 5) is 24.6. The van der Waals surface area contributed by atoms with E-state index in [1.54, 1.807) is 4.90 Å². The summed E-state index contributed by atoms with van der Waals surface area (Å²) in [5.41, 5.74) is 0. The van der Waals surface area contributed by atoms with Crippen LogP contribution >= 0.6 is 0 Å². The van der Waals surface area contributed by atoms with E-state index in [0.717, 1.165) is 25.9 Å². The molecule has 0 aromatic carbocycles. The molecule has 1 saturated heterocycles. The third-order valence-corrected chi connectivity index (χ3v) is 2.71. The van der Waals surface area contributed by atoms with E-state index < -0.39 is 0 Å². The van der Waals surface area contributed by atoms with E-state index in [0.29, 0.717) is 19.3 Å². The molecule has 0 atom stereocenters. The van der Waals surface area contributed by atoms with Crippen LogP contribution in [-0.2, 0) is 9.59 Å². The summed E-state index contributed by atoms with van der Waals surface area (Å²) < 4.78 is 0. The number of aliphatic hydroxyl groups excluding tert-OH is 1. The number of hydrogen-bond donors (Lipinski definition) is 2. The second-order valence-electron chi connectivity index (χ2n) is 4.05. The van der Waals surface area contributed by atoms with Crippen LogP contribution in [0.2, 0.25) is 0 Å². The summed E-state index contributed by atoms with van der Waals surface area (Å²) in [6, 6.07) is 0. The number of unbranched alkanes of at least 4 members (excludes halogenated alkanes) is 1. The Balaban J connectivity index is 2.08. The largest absolute Gasteiger partial charge is 0.396 e. The molecule has 1 heterocycles. The topological polar surface area (TPSA) is 69.6 Å². The number of likely N-dealkylation sites (tertiary alicyclic amines) is 1. The van der Waals surface area contributed by atoms with Crippen molar-refractivity contribution >= 4 is 11.8 Å². The van der Waals surface area contributed by atoms with Gasteiger partial charge in [0.25, 0.3) is 0 Å². The van der Waals surface area contributed by atoms with Crippen molar-refractivity contribution in [3.05, 3.63) is 0 Å². The van der Waals surface area contributed by atoms with Crippen molar-refractivity contribution < 1.29 is 14.7 Å². The Labute approximate surface area is 95.8 Å². The molecule has 0 aromatic heterocycles. The lowest BCUT2D eigenvalue weighted by Crippen LogP contribution is -2.38. The standard InChI is InChI=1S/C11H20N2O3/c14-8-4-1-5-10(15)12-9-11(16)13-6-2-3-7-13/h14H,1-9H2,(H,12,15). The zero-order valence-corrected chi connectivity index (χ0v) is 9.57. The van der Waals surface area contributed by atoms with E-state index in [4.69, 9.17) is 5.11 Å². The smallest absolute Gasteiger partial charge is 0.241 e. The van der Waals surface area contributed by atoms with E-state index in [1.165, 1.54) is 0 Å². The molecular weight excluding hydrogens is 208 g/mol. The lowest BCUT2D eigenvalue weighted by atomic mass is 10.2. The van der Waals surface area contributed by atoms with Crippen LogP contribution in [0.3, 0.4) is 0 Å². The van der Waals surface area contributed by atoms with Crippen LogP contribution in [0, 0.1) is 0 Å². The first-order valence-corrected chi connectivity index (χ1v) is 5.89. The first-order valence-electron chi connectivity index (χ1n) is 5.89. The van der Waals surface area contributed by atoms with Gasteiger partial charge in [0.2, 0.25) is 11.8 Å². The second kappa shape index (κ2) is 7.22. The molecule has 5 nitrogen and oxygen atoms in total. The zero-order chi connectivity index (χ0) is 11.8. The molecule has 0 aromatic rings. The fourth-order valence-electron chi connectivity index (χ4n) is 1.74. The minimum absolute atomic E-state index is 0.00741. The van der Waals surface area contributed by atoms with Gasteiger partial charge in [0.05, 0.1) is 6.54 Å². The molecule has 2 amide bonds. The van der Waals surface area contributed by atoms with Crippen LogP contribution in [0.25, 0.3) is 0 Å². The summed E-state index contributed by atoms with van der Waals surface area (Å²) >= 11 is 0. The average Bonchev–Trinajstić information content (AvgIpc) is 2.79. The van der Waals surface area contributed by atoms with E-state index in [2.05, 4.69) is 5.32 Å². The van der Waals surface area contributed by atoms with Gasteiger partial charge in [-0.2, -0.15) is 0 Å². The number of carbonyl (C=O) groups excluding carboxylic acids is 2. The molecule has 5 heteroatoms. The number of hydrogen-bond acceptors (Lipinski definition) is 3. The molecule has 0 bridgehead atoms. The SMILES string of the molecule is O=C(CCCCO)NCC(=O)N1CCCC1. The molecule has 1 aliphatic heterocycles. The van der Waals surface area contributed by atoms with Gasteiger partial charge in [-0.15, -0.1) is 0 Å². The van der Waals surface area contributed by atoms with Gasteiger partial charge in [-0.25, -0.2) is 0 Å². The highest BCUT2D eigenvalue weighted by Crippen LogP contribution is 2.06. The highest BCUT2D eigenvalue weighted by molar-refractivity contribution is 5.84. The Kier molecular flexibility index (Phi) is 5.85. The second-order valence-corrected chi connectivity index (χ2v) is 4.05. The Morgan fingerprint density at radius 2 is 1.88 bits per heavy atom. The molecule has 1 fully saturated rings. The first kappa shape index (κ1) is 13.0. The summed E-state index contributed by atoms with van der Waals surface area (Å²) in [7, 11) is 0. The molecular formula is C11H20N2O3. The van der Waals surface area contributed by atoms with Gasteiger partial charge in [0.1, 0.15) is 0 Å². The van der Waals surface area contributed by atoms with Gasteiger partial charge in [-0.3, -0.25) is 9.59 Å². The molecule has 1 aliphatic rings. The van der Waals surface area contributed by atoms with Crippen molar-refractivity contribution in [2.24, 2.45) is 0 Å². The summed E-state index contributed by atoms with van der Waals surface area (Å²) in [6.07, 6.45) is 3.81. The molecule has 0 aliphatic carbocycles. The maximum atomic E-state index is 11.6. The number of carbonyl (C=O) groups is 2. The van der Waals surface area contributed by atoms with E-state index in [1.807, 2.05) is 0 Å². The molecule has 0 unspecified atom stereocenters.